The molecule has 7 aromatic carbocycles. The third kappa shape index (κ3) is 4.58. The van der Waals surface area contributed by atoms with E-state index in [4.69, 9.17) is 0 Å². The molecule has 0 saturated carbocycles. The minimum atomic E-state index is 0.262. The Morgan fingerprint density at radius 3 is 1.91 bits per heavy atom. The van der Waals surface area contributed by atoms with Crippen molar-refractivity contribution in [1.82, 2.24) is 4.57 Å². The molecule has 0 N–H and O–H groups in total. The maximum Gasteiger partial charge on any atom is 0.0630 e. The molecule has 0 amide bonds. The Morgan fingerprint density at radius 1 is 0.509 bits per heavy atom. The Balaban J connectivity index is 0.970. The van der Waals surface area contributed by atoms with Crippen molar-refractivity contribution in [2.45, 2.75) is 32.2 Å². The van der Waals surface area contributed by atoms with Crippen LogP contribution in [-0.4, -0.2) is 10.6 Å². The fourth-order valence-corrected chi connectivity index (χ4v) is 9.41. The van der Waals surface area contributed by atoms with Crippen molar-refractivity contribution in [3.05, 3.63) is 203 Å². The second kappa shape index (κ2) is 11.6. The monoisotopic (exact) mass is 678 g/mol. The van der Waals surface area contributed by atoms with Gasteiger partial charge in [-0.1, -0.05) is 121 Å². The highest BCUT2D eigenvalue weighted by Gasteiger charge is 2.38. The normalized spacial score (nSPS) is 16.8. The number of hydrogen-bond donors (Lipinski definition) is 0. The van der Waals surface area contributed by atoms with E-state index in [0.29, 0.717) is 5.92 Å². The molecule has 2 nitrogen and oxygen atoms in total. The quantitative estimate of drug-likeness (QED) is 0.180. The summed E-state index contributed by atoms with van der Waals surface area (Å²) >= 11 is 0. The standard InChI is InChI=1S/C51H38N2/c1-32-11-3-7-15-46(32)52-48-17-9-5-13-40(48)44-30-36(23-25-50(44)52)34-19-21-38-27-39-22-20-35(29-43(39)42(38)28-34)37-24-26-51-45(31-37)41-14-6-10-18-49(41)53(51)47-16-8-4-12-33(47)2/h3-26,28-31,44,50H,27H2,1-2H3. The van der Waals surface area contributed by atoms with E-state index in [2.05, 4.69) is 193 Å². The van der Waals surface area contributed by atoms with Crippen LogP contribution in [0.3, 0.4) is 0 Å². The number of rotatable bonds is 4. The summed E-state index contributed by atoms with van der Waals surface area (Å²) in [7, 11) is 0. The lowest BCUT2D eigenvalue weighted by Crippen LogP contribution is -2.29. The van der Waals surface area contributed by atoms with Gasteiger partial charge in [-0.25, -0.2) is 0 Å². The molecule has 0 radical (unpaired) electrons. The topological polar surface area (TPSA) is 8.17 Å². The molecule has 2 heterocycles. The van der Waals surface area contributed by atoms with E-state index in [1.165, 1.54) is 100 Å². The van der Waals surface area contributed by atoms with Crippen LogP contribution in [0, 0.1) is 13.8 Å². The number of allylic oxidation sites excluding steroid dienone is 2. The van der Waals surface area contributed by atoms with Crippen LogP contribution in [0.15, 0.2) is 170 Å². The summed E-state index contributed by atoms with van der Waals surface area (Å²) in [6.07, 6.45) is 8.28. The zero-order chi connectivity index (χ0) is 35.2. The molecule has 53 heavy (non-hydrogen) atoms. The van der Waals surface area contributed by atoms with E-state index in [1.807, 2.05) is 0 Å². The number of anilines is 2. The van der Waals surface area contributed by atoms with Gasteiger partial charge < -0.3 is 9.47 Å². The maximum absolute atomic E-state index is 2.54. The predicted molar refractivity (Wildman–Crippen MR) is 223 cm³/mol. The summed E-state index contributed by atoms with van der Waals surface area (Å²) in [5, 5.41) is 2.57. The van der Waals surface area contributed by atoms with Gasteiger partial charge in [0.05, 0.1) is 17.1 Å². The molecule has 3 aliphatic rings. The molecule has 0 saturated heterocycles. The molecular weight excluding hydrogens is 641 g/mol. The SMILES string of the molecule is Cc1ccccc1N1c2ccccc2C2C=C(c3ccc4c(c3)-c3cc(-c5ccc6c(c5)c5ccccc5n6-c5ccccc5C)ccc3C4)C=CC21. The highest BCUT2D eigenvalue weighted by Crippen LogP contribution is 2.50. The molecule has 0 fully saturated rings. The lowest BCUT2D eigenvalue weighted by Gasteiger charge is -2.31. The minimum Gasteiger partial charge on any atom is -0.333 e. The van der Waals surface area contributed by atoms with Gasteiger partial charge in [-0.05, 0) is 130 Å². The van der Waals surface area contributed by atoms with Gasteiger partial charge in [-0.2, -0.15) is 0 Å². The first kappa shape index (κ1) is 30.3. The van der Waals surface area contributed by atoms with Crippen LogP contribution in [0.1, 0.15) is 39.3 Å². The zero-order valence-electron chi connectivity index (χ0n) is 29.9. The van der Waals surface area contributed by atoms with Crippen molar-refractivity contribution in [2.24, 2.45) is 0 Å². The highest BCUT2D eigenvalue weighted by atomic mass is 15.2. The van der Waals surface area contributed by atoms with Crippen LogP contribution in [0.5, 0.6) is 0 Å². The molecule has 8 aromatic rings. The molecule has 2 aliphatic carbocycles. The van der Waals surface area contributed by atoms with Crippen molar-refractivity contribution in [3.63, 3.8) is 0 Å². The number of fused-ring (bicyclic) bond motifs is 9. The van der Waals surface area contributed by atoms with Crippen LogP contribution in [0.2, 0.25) is 0 Å². The first-order valence-corrected chi connectivity index (χ1v) is 18.8. The Morgan fingerprint density at radius 2 is 1.11 bits per heavy atom. The van der Waals surface area contributed by atoms with Crippen LogP contribution < -0.4 is 4.90 Å². The number of nitrogens with zero attached hydrogens (tertiary/aromatic N) is 2. The molecule has 252 valence electrons. The van der Waals surface area contributed by atoms with E-state index >= 15 is 0 Å². The van der Waals surface area contributed by atoms with Gasteiger partial charge in [0.2, 0.25) is 0 Å². The average molecular weight is 679 g/mol. The van der Waals surface area contributed by atoms with Crippen LogP contribution in [0.4, 0.5) is 11.4 Å². The predicted octanol–water partition coefficient (Wildman–Crippen LogP) is 12.9. The summed E-state index contributed by atoms with van der Waals surface area (Å²) in [6, 6.07) is 56.7. The molecular formula is C51H38N2. The molecule has 1 aliphatic heterocycles. The first-order chi connectivity index (χ1) is 26.1. The largest absolute Gasteiger partial charge is 0.333 e. The maximum atomic E-state index is 2.54. The molecule has 2 atom stereocenters. The van der Waals surface area contributed by atoms with Gasteiger partial charge in [-0.3, -0.25) is 0 Å². The molecule has 1 aromatic heterocycles. The summed E-state index contributed by atoms with van der Waals surface area (Å²) in [5.74, 6) is 0.296. The summed E-state index contributed by atoms with van der Waals surface area (Å²) < 4.78 is 2.42. The van der Waals surface area contributed by atoms with Crippen molar-refractivity contribution in [2.75, 3.05) is 4.90 Å². The van der Waals surface area contributed by atoms with E-state index in [-0.39, 0.29) is 6.04 Å². The third-order valence-electron chi connectivity index (χ3n) is 12.0. The van der Waals surface area contributed by atoms with Gasteiger partial charge in [0.25, 0.3) is 0 Å². The third-order valence-corrected chi connectivity index (χ3v) is 12.0. The smallest absolute Gasteiger partial charge is 0.0630 e. The Hall–Kier alpha value is -6.38. The number of benzene rings is 7. The Labute approximate surface area is 310 Å². The van der Waals surface area contributed by atoms with Crippen molar-refractivity contribution >= 4 is 38.8 Å². The average Bonchev–Trinajstić information content (AvgIpc) is 3.85. The second-order valence-corrected chi connectivity index (χ2v) is 15.0. The van der Waals surface area contributed by atoms with Crippen LogP contribution >= 0.6 is 0 Å². The summed E-state index contributed by atoms with van der Waals surface area (Å²) in [4.78, 5) is 2.54. The van der Waals surface area contributed by atoms with Crippen LogP contribution in [0.25, 0.3) is 55.3 Å². The van der Waals surface area contributed by atoms with Crippen molar-refractivity contribution in [1.29, 1.82) is 0 Å². The number of aromatic nitrogens is 1. The van der Waals surface area contributed by atoms with Gasteiger partial charge in [0.1, 0.15) is 0 Å². The zero-order valence-corrected chi connectivity index (χ0v) is 29.9. The minimum absolute atomic E-state index is 0.262. The Kier molecular flexibility index (Phi) is 6.60. The van der Waals surface area contributed by atoms with Gasteiger partial charge in [0.15, 0.2) is 0 Å². The lowest BCUT2D eigenvalue weighted by molar-refractivity contribution is 0.746. The van der Waals surface area contributed by atoms with Gasteiger partial charge in [-0.15, -0.1) is 0 Å². The van der Waals surface area contributed by atoms with Crippen LogP contribution in [-0.2, 0) is 6.42 Å². The fraction of sp³-hybridized carbons (Fsp3) is 0.0980. The number of aryl methyl sites for hydroxylation is 2. The fourth-order valence-electron chi connectivity index (χ4n) is 9.41. The molecule has 11 rings (SSSR count). The number of para-hydroxylation sites is 4. The van der Waals surface area contributed by atoms with E-state index in [0.717, 1.165) is 6.42 Å². The number of hydrogen-bond acceptors (Lipinski definition) is 1. The van der Waals surface area contributed by atoms with Gasteiger partial charge in [0, 0.05) is 33.8 Å². The Bertz CT molecular complexity index is 2860. The molecule has 0 spiro atoms. The van der Waals surface area contributed by atoms with Crippen molar-refractivity contribution in [3.8, 4) is 27.9 Å². The van der Waals surface area contributed by atoms with Gasteiger partial charge >= 0.3 is 0 Å². The van der Waals surface area contributed by atoms with E-state index in [9.17, 15) is 0 Å². The van der Waals surface area contributed by atoms with E-state index < -0.39 is 0 Å². The second-order valence-electron chi connectivity index (χ2n) is 15.0. The van der Waals surface area contributed by atoms with Crippen molar-refractivity contribution < 1.29 is 0 Å². The lowest BCUT2D eigenvalue weighted by atomic mass is 9.85. The summed E-state index contributed by atoms with van der Waals surface area (Å²) in [6.45, 7) is 4.42. The molecule has 0 bridgehead atoms. The first-order valence-electron chi connectivity index (χ1n) is 18.8. The highest BCUT2D eigenvalue weighted by molar-refractivity contribution is 6.10. The summed E-state index contributed by atoms with van der Waals surface area (Å²) in [5.41, 5.74) is 20.9. The molecule has 2 unspecified atom stereocenters. The molecule has 2 heteroatoms. The van der Waals surface area contributed by atoms with E-state index in [1.54, 1.807) is 0 Å².